The van der Waals surface area contributed by atoms with Crippen LogP contribution in [0.3, 0.4) is 0 Å². The number of anilines is 2. The van der Waals surface area contributed by atoms with Gasteiger partial charge in [-0.15, -0.1) is 0 Å². The third-order valence-corrected chi connectivity index (χ3v) is 3.92. The molecule has 0 bridgehead atoms. The standard InChI is InChI=1S/C12H21N5O2/c1-12(2)7(5-8(12)18-3)16-10-9(19-4)11(17-13)15-6-14-10/h6-8H,5,13H2,1-4H3,(H2,14,15,16,17). The summed E-state index contributed by atoms with van der Waals surface area (Å²) in [5.41, 5.74) is 2.54. The van der Waals surface area contributed by atoms with E-state index < -0.39 is 0 Å². The van der Waals surface area contributed by atoms with Crippen molar-refractivity contribution in [3.8, 4) is 5.75 Å². The zero-order valence-corrected chi connectivity index (χ0v) is 11.7. The molecule has 1 aliphatic carbocycles. The zero-order chi connectivity index (χ0) is 14.0. The molecule has 1 aliphatic rings. The van der Waals surface area contributed by atoms with E-state index in [1.165, 1.54) is 6.33 Å². The Morgan fingerprint density at radius 1 is 1.32 bits per heavy atom. The molecule has 2 rings (SSSR count). The minimum absolute atomic E-state index is 0.0427. The van der Waals surface area contributed by atoms with Crippen molar-refractivity contribution >= 4 is 11.6 Å². The Bertz CT molecular complexity index is 452. The summed E-state index contributed by atoms with van der Waals surface area (Å²) < 4.78 is 10.7. The summed E-state index contributed by atoms with van der Waals surface area (Å²) in [6, 6.07) is 0.270. The topological polar surface area (TPSA) is 94.3 Å². The lowest BCUT2D eigenvalue weighted by molar-refractivity contribution is -0.0796. The van der Waals surface area contributed by atoms with E-state index in [1.54, 1.807) is 14.2 Å². The van der Waals surface area contributed by atoms with Gasteiger partial charge in [-0.05, 0) is 6.42 Å². The average molecular weight is 267 g/mol. The lowest BCUT2D eigenvalue weighted by atomic mass is 9.64. The van der Waals surface area contributed by atoms with Crippen LogP contribution in [0.4, 0.5) is 11.6 Å². The van der Waals surface area contributed by atoms with Gasteiger partial charge in [0.15, 0.2) is 11.6 Å². The van der Waals surface area contributed by atoms with Gasteiger partial charge in [0.2, 0.25) is 5.75 Å². The molecule has 4 N–H and O–H groups in total. The van der Waals surface area contributed by atoms with E-state index in [0.29, 0.717) is 17.4 Å². The van der Waals surface area contributed by atoms with Crippen molar-refractivity contribution in [2.24, 2.45) is 11.3 Å². The predicted octanol–water partition coefficient (Wildman–Crippen LogP) is 0.996. The fraction of sp³-hybridized carbons (Fsp3) is 0.667. The van der Waals surface area contributed by atoms with Gasteiger partial charge in [0.1, 0.15) is 6.33 Å². The van der Waals surface area contributed by atoms with Crippen molar-refractivity contribution in [2.75, 3.05) is 25.0 Å². The Hall–Kier alpha value is -1.60. The van der Waals surface area contributed by atoms with Crippen molar-refractivity contribution < 1.29 is 9.47 Å². The molecule has 7 heteroatoms. The van der Waals surface area contributed by atoms with Crippen molar-refractivity contribution in [2.45, 2.75) is 32.4 Å². The van der Waals surface area contributed by atoms with Crippen molar-refractivity contribution in [1.29, 1.82) is 0 Å². The lowest BCUT2D eigenvalue weighted by Gasteiger charge is -2.51. The first-order chi connectivity index (χ1) is 9.04. The molecular weight excluding hydrogens is 246 g/mol. The van der Waals surface area contributed by atoms with Gasteiger partial charge in [0, 0.05) is 18.6 Å². The van der Waals surface area contributed by atoms with Crippen LogP contribution in [-0.2, 0) is 4.74 Å². The maximum atomic E-state index is 5.43. The normalized spacial score (nSPS) is 24.5. The molecule has 1 saturated carbocycles. The molecular formula is C12H21N5O2. The number of aromatic nitrogens is 2. The number of rotatable bonds is 5. The number of nitrogens with two attached hydrogens (primary N) is 1. The summed E-state index contributed by atoms with van der Waals surface area (Å²) >= 11 is 0. The van der Waals surface area contributed by atoms with Crippen LogP contribution in [0, 0.1) is 5.41 Å². The maximum absolute atomic E-state index is 5.43. The second kappa shape index (κ2) is 5.18. The van der Waals surface area contributed by atoms with E-state index in [1.807, 2.05) is 0 Å². The molecule has 2 unspecified atom stereocenters. The molecule has 1 aromatic heterocycles. The van der Waals surface area contributed by atoms with Crippen molar-refractivity contribution in [3.63, 3.8) is 0 Å². The second-order valence-corrected chi connectivity index (χ2v) is 5.23. The molecule has 0 aliphatic heterocycles. The molecule has 1 aromatic rings. The molecule has 106 valence electrons. The Morgan fingerprint density at radius 2 is 2.00 bits per heavy atom. The highest BCUT2D eigenvalue weighted by molar-refractivity contribution is 5.63. The Kier molecular flexibility index (Phi) is 3.77. The van der Waals surface area contributed by atoms with Crippen molar-refractivity contribution in [3.05, 3.63) is 6.33 Å². The number of methoxy groups -OCH3 is 2. The zero-order valence-electron chi connectivity index (χ0n) is 11.7. The number of hydrogen-bond donors (Lipinski definition) is 3. The fourth-order valence-electron chi connectivity index (χ4n) is 2.47. The Balaban J connectivity index is 2.17. The van der Waals surface area contributed by atoms with Crippen LogP contribution in [0.1, 0.15) is 20.3 Å². The van der Waals surface area contributed by atoms with Gasteiger partial charge in [-0.1, -0.05) is 13.8 Å². The quantitative estimate of drug-likeness (QED) is 0.541. The number of nitrogens with one attached hydrogen (secondary N) is 2. The molecule has 7 nitrogen and oxygen atoms in total. The first kappa shape index (κ1) is 13.8. The summed E-state index contributed by atoms with van der Waals surface area (Å²) in [6.07, 6.45) is 2.63. The Morgan fingerprint density at radius 3 is 2.53 bits per heavy atom. The summed E-state index contributed by atoms with van der Waals surface area (Å²) in [4.78, 5) is 8.22. The molecule has 0 amide bonds. The summed E-state index contributed by atoms with van der Waals surface area (Å²) in [5, 5.41) is 3.38. The number of nitrogens with zero attached hydrogens (tertiary/aromatic N) is 2. The average Bonchev–Trinajstić information content (AvgIpc) is 2.42. The third kappa shape index (κ3) is 2.31. The largest absolute Gasteiger partial charge is 0.490 e. The van der Waals surface area contributed by atoms with Gasteiger partial charge >= 0.3 is 0 Å². The molecule has 0 spiro atoms. The van der Waals surface area contributed by atoms with Gasteiger partial charge in [-0.2, -0.15) is 0 Å². The first-order valence-corrected chi connectivity index (χ1v) is 6.19. The van der Waals surface area contributed by atoms with Gasteiger partial charge in [-0.3, -0.25) is 0 Å². The van der Waals surface area contributed by atoms with Crippen LogP contribution >= 0.6 is 0 Å². The van der Waals surface area contributed by atoms with E-state index in [-0.39, 0.29) is 17.6 Å². The van der Waals surface area contributed by atoms with Crippen LogP contribution in [-0.4, -0.2) is 36.3 Å². The van der Waals surface area contributed by atoms with E-state index >= 15 is 0 Å². The van der Waals surface area contributed by atoms with Gasteiger partial charge < -0.3 is 20.2 Å². The summed E-state index contributed by atoms with van der Waals surface area (Å²) in [6.45, 7) is 4.33. The highest BCUT2D eigenvalue weighted by Crippen LogP contribution is 2.45. The SMILES string of the molecule is COc1c(NN)ncnc1NC1CC(OC)C1(C)C. The predicted molar refractivity (Wildman–Crippen MR) is 73.0 cm³/mol. The lowest BCUT2D eigenvalue weighted by Crippen LogP contribution is -2.57. The minimum Gasteiger partial charge on any atom is -0.490 e. The highest BCUT2D eigenvalue weighted by atomic mass is 16.5. The molecule has 0 saturated heterocycles. The molecule has 1 fully saturated rings. The molecule has 1 heterocycles. The number of ether oxygens (including phenoxy) is 2. The van der Waals surface area contributed by atoms with Crippen LogP contribution < -0.4 is 21.3 Å². The van der Waals surface area contributed by atoms with E-state index in [0.717, 1.165) is 6.42 Å². The van der Waals surface area contributed by atoms with Crippen LogP contribution in [0.25, 0.3) is 0 Å². The summed E-state index contributed by atoms with van der Waals surface area (Å²) in [7, 11) is 3.30. The van der Waals surface area contributed by atoms with Gasteiger partial charge in [-0.25, -0.2) is 15.8 Å². The summed E-state index contributed by atoms with van der Waals surface area (Å²) in [5.74, 6) is 7.01. The molecule has 0 aromatic carbocycles. The minimum atomic E-state index is 0.0427. The molecule has 0 radical (unpaired) electrons. The fourth-order valence-corrected chi connectivity index (χ4v) is 2.47. The van der Waals surface area contributed by atoms with Gasteiger partial charge in [0.25, 0.3) is 0 Å². The van der Waals surface area contributed by atoms with E-state index in [9.17, 15) is 0 Å². The Labute approximate surface area is 112 Å². The molecule has 19 heavy (non-hydrogen) atoms. The third-order valence-electron chi connectivity index (χ3n) is 3.92. The number of hydrazine groups is 1. The van der Waals surface area contributed by atoms with Gasteiger partial charge in [0.05, 0.1) is 13.2 Å². The number of hydrogen-bond acceptors (Lipinski definition) is 7. The maximum Gasteiger partial charge on any atom is 0.205 e. The van der Waals surface area contributed by atoms with Crippen LogP contribution in [0.2, 0.25) is 0 Å². The van der Waals surface area contributed by atoms with E-state index in [4.69, 9.17) is 15.3 Å². The molecule has 2 atom stereocenters. The van der Waals surface area contributed by atoms with E-state index in [2.05, 4.69) is 34.6 Å². The highest BCUT2D eigenvalue weighted by Gasteiger charge is 2.49. The van der Waals surface area contributed by atoms with Crippen LogP contribution in [0.15, 0.2) is 6.33 Å². The monoisotopic (exact) mass is 267 g/mol. The second-order valence-electron chi connectivity index (χ2n) is 5.23. The number of nitrogen functional groups attached to an aromatic ring is 1. The van der Waals surface area contributed by atoms with Crippen molar-refractivity contribution in [1.82, 2.24) is 9.97 Å². The van der Waals surface area contributed by atoms with Crippen LogP contribution in [0.5, 0.6) is 5.75 Å². The smallest absolute Gasteiger partial charge is 0.205 e. The first-order valence-electron chi connectivity index (χ1n) is 6.19.